The average Bonchev–Trinajstić information content (AvgIpc) is 2.16. The molecule has 2 heteroatoms. The van der Waals surface area contributed by atoms with Gasteiger partial charge in [-0.2, -0.15) is 0 Å². The van der Waals surface area contributed by atoms with Gasteiger partial charge < -0.3 is 4.90 Å². The van der Waals surface area contributed by atoms with E-state index in [1.54, 1.807) is 4.90 Å². The van der Waals surface area contributed by atoms with Gasteiger partial charge >= 0.3 is 0 Å². The summed E-state index contributed by atoms with van der Waals surface area (Å²) in [7, 11) is 0. The van der Waals surface area contributed by atoms with Gasteiger partial charge in [0.2, 0.25) is 6.41 Å². The van der Waals surface area contributed by atoms with Crippen molar-refractivity contribution in [2.24, 2.45) is 0 Å². The van der Waals surface area contributed by atoms with Crippen LogP contribution in [0.4, 0.5) is 0 Å². The molecule has 0 atom stereocenters. The highest BCUT2D eigenvalue weighted by Gasteiger charge is 1.93. The van der Waals surface area contributed by atoms with Crippen LogP contribution in [0, 0.1) is 0 Å². The summed E-state index contributed by atoms with van der Waals surface area (Å²) in [6.07, 6.45) is 11.1. The lowest BCUT2D eigenvalue weighted by Crippen LogP contribution is -2.21. The van der Waals surface area contributed by atoms with Crippen LogP contribution in [-0.2, 0) is 4.79 Å². The lowest BCUT2D eigenvalue weighted by Gasteiger charge is -2.11. The molecule has 13 heavy (non-hydrogen) atoms. The first-order chi connectivity index (χ1) is 6.35. The van der Waals surface area contributed by atoms with Crippen molar-refractivity contribution < 1.29 is 4.79 Å². The van der Waals surface area contributed by atoms with Crippen molar-refractivity contribution >= 4 is 6.41 Å². The second-order valence-electron chi connectivity index (χ2n) is 2.82. The molecule has 0 bridgehead atoms. The molecule has 2 nitrogen and oxygen atoms in total. The van der Waals surface area contributed by atoms with Crippen LogP contribution in [-0.4, -0.2) is 24.4 Å². The van der Waals surface area contributed by atoms with Gasteiger partial charge in [0.25, 0.3) is 0 Å². The Morgan fingerprint density at radius 3 is 1.69 bits per heavy atom. The van der Waals surface area contributed by atoms with Gasteiger partial charge in [-0.15, -0.1) is 0 Å². The minimum absolute atomic E-state index is 0.714. The van der Waals surface area contributed by atoms with Crippen LogP contribution in [0.2, 0.25) is 0 Å². The standard InChI is InChI=1S/C11H19NO/c1-3-5-7-9-12(11-13)10-8-6-4-2/h5-8,11H,3-4,9-10H2,1-2H3/b7-5+,8-6+. The summed E-state index contributed by atoms with van der Waals surface area (Å²) in [6.45, 7) is 5.59. The van der Waals surface area contributed by atoms with Crippen LogP contribution in [0.1, 0.15) is 26.7 Å². The van der Waals surface area contributed by atoms with E-state index in [9.17, 15) is 4.79 Å². The average molecular weight is 181 g/mol. The number of nitrogens with zero attached hydrogens (tertiary/aromatic N) is 1. The van der Waals surface area contributed by atoms with E-state index < -0.39 is 0 Å². The van der Waals surface area contributed by atoms with E-state index >= 15 is 0 Å². The summed E-state index contributed by atoms with van der Waals surface area (Å²) in [5, 5.41) is 0. The minimum atomic E-state index is 0.714. The Morgan fingerprint density at radius 1 is 0.923 bits per heavy atom. The molecule has 0 fully saturated rings. The van der Waals surface area contributed by atoms with E-state index in [1.807, 2.05) is 12.2 Å². The van der Waals surface area contributed by atoms with Gasteiger partial charge in [-0.05, 0) is 12.8 Å². The van der Waals surface area contributed by atoms with Gasteiger partial charge in [0.05, 0.1) is 0 Å². The van der Waals surface area contributed by atoms with E-state index in [-0.39, 0.29) is 0 Å². The topological polar surface area (TPSA) is 20.3 Å². The summed E-state index contributed by atoms with van der Waals surface area (Å²) in [6, 6.07) is 0. The quantitative estimate of drug-likeness (QED) is 0.436. The molecule has 0 aromatic rings. The fourth-order valence-corrected chi connectivity index (χ4v) is 0.914. The number of carbonyl (C=O) groups is 1. The van der Waals surface area contributed by atoms with Crippen molar-refractivity contribution in [1.29, 1.82) is 0 Å². The minimum Gasteiger partial charge on any atom is -0.338 e. The number of amides is 1. The maximum absolute atomic E-state index is 10.6. The Morgan fingerprint density at radius 2 is 1.38 bits per heavy atom. The molecule has 0 radical (unpaired) electrons. The van der Waals surface area contributed by atoms with E-state index in [1.165, 1.54) is 0 Å². The third-order valence-electron chi connectivity index (χ3n) is 1.63. The molecule has 0 rings (SSSR count). The summed E-state index contributed by atoms with van der Waals surface area (Å²) in [5.74, 6) is 0. The maximum Gasteiger partial charge on any atom is 0.210 e. The van der Waals surface area contributed by atoms with Crippen LogP contribution < -0.4 is 0 Å². The van der Waals surface area contributed by atoms with E-state index in [2.05, 4.69) is 26.0 Å². The molecule has 0 heterocycles. The van der Waals surface area contributed by atoms with Crippen molar-refractivity contribution in [3.8, 4) is 0 Å². The lowest BCUT2D eigenvalue weighted by atomic mass is 10.3. The van der Waals surface area contributed by atoms with Gasteiger partial charge in [-0.25, -0.2) is 0 Å². The Hall–Kier alpha value is -1.05. The van der Waals surface area contributed by atoms with Gasteiger partial charge in [0.15, 0.2) is 0 Å². The van der Waals surface area contributed by atoms with Gasteiger partial charge in [-0.1, -0.05) is 38.2 Å². The second kappa shape index (κ2) is 9.04. The first-order valence-corrected chi connectivity index (χ1v) is 4.84. The summed E-state index contributed by atoms with van der Waals surface area (Å²) in [5.41, 5.74) is 0. The molecule has 74 valence electrons. The number of rotatable bonds is 7. The molecule has 0 aliphatic heterocycles. The van der Waals surface area contributed by atoms with Crippen LogP contribution in [0.25, 0.3) is 0 Å². The zero-order valence-corrected chi connectivity index (χ0v) is 8.57. The second-order valence-corrected chi connectivity index (χ2v) is 2.82. The summed E-state index contributed by atoms with van der Waals surface area (Å²) >= 11 is 0. The molecule has 0 aromatic heterocycles. The van der Waals surface area contributed by atoms with Crippen molar-refractivity contribution in [3.63, 3.8) is 0 Å². The molecular formula is C11H19NO. The van der Waals surface area contributed by atoms with E-state index in [0.29, 0.717) is 13.1 Å². The first kappa shape index (κ1) is 11.9. The zero-order valence-electron chi connectivity index (χ0n) is 8.57. The normalized spacial score (nSPS) is 11.2. The Labute approximate surface area is 80.9 Å². The molecule has 0 saturated heterocycles. The molecule has 0 aliphatic carbocycles. The third kappa shape index (κ3) is 7.32. The number of carbonyl (C=O) groups excluding carboxylic acids is 1. The molecule has 0 saturated carbocycles. The Bertz CT molecular complexity index is 157. The predicted octanol–water partition coefficient (Wildman–Crippen LogP) is 2.38. The summed E-state index contributed by atoms with van der Waals surface area (Å²) < 4.78 is 0. The van der Waals surface area contributed by atoms with Crippen LogP contribution in [0.3, 0.4) is 0 Å². The number of allylic oxidation sites excluding steroid dienone is 2. The fourth-order valence-electron chi connectivity index (χ4n) is 0.914. The summed E-state index contributed by atoms with van der Waals surface area (Å²) in [4.78, 5) is 12.3. The zero-order chi connectivity index (χ0) is 9.94. The SMILES string of the molecule is CC/C=C/CN(C=O)C/C=C/CC. The largest absolute Gasteiger partial charge is 0.338 e. The number of hydrogen-bond donors (Lipinski definition) is 0. The monoisotopic (exact) mass is 181 g/mol. The molecular weight excluding hydrogens is 162 g/mol. The smallest absolute Gasteiger partial charge is 0.210 e. The molecule has 0 spiro atoms. The van der Waals surface area contributed by atoms with Gasteiger partial charge in [0, 0.05) is 13.1 Å². The first-order valence-electron chi connectivity index (χ1n) is 4.84. The van der Waals surface area contributed by atoms with E-state index in [4.69, 9.17) is 0 Å². The van der Waals surface area contributed by atoms with Gasteiger partial charge in [-0.3, -0.25) is 4.79 Å². The third-order valence-corrected chi connectivity index (χ3v) is 1.63. The predicted molar refractivity (Wildman–Crippen MR) is 56.5 cm³/mol. The highest BCUT2D eigenvalue weighted by atomic mass is 16.1. The maximum atomic E-state index is 10.6. The Balaban J connectivity index is 3.69. The lowest BCUT2D eigenvalue weighted by molar-refractivity contribution is -0.117. The van der Waals surface area contributed by atoms with E-state index in [0.717, 1.165) is 19.3 Å². The molecule has 0 aliphatic rings. The highest BCUT2D eigenvalue weighted by Crippen LogP contribution is 1.88. The Kier molecular flexibility index (Phi) is 8.31. The molecule has 0 unspecified atom stereocenters. The van der Waals surface area contributed by atoms with Crippen molar-refractivity contribution in [3.05, 3.63) is 24.3 Å². The van der Waals surface area contributed by atoms with Gasteiger partial charge in [0.1, 0.15) is 0 Å². The van der Waals surface area contributed by atoms with Crippen LogP contribution >= 0.6 is 0 Å². The number of hydrogen-bond acceptors (Lipinski definition) is 1. The van der Waals surface area contributed by atoms with Crippen molar-refractivity contribution in [2.45, 2.75) is 26.7 Å². The van der Waals surface area contributed by atoms with Crippen molar-refractivity contribution in [1.82, 2.24) is 4.90 Å². The molecule has 0 aromatic carbocycles. The molecule has 1 amide bonds. The van der Waals surface area contributed by atoms with Crippen LogP contribution in [0.5, 0.6) is 0 Å². The molecule has 0 N–H and O–H groups in total. The van der Waals surface area contributed by atoms with Crippen LogP contribution in [0.15, 0.2) is 24.3 Å². The van der Waals surface area contributed by atoms with Crippen molar-refractivity contribution in [2.75, 3.05) is 13.1 Å². The highest BCUT2D eigenvalue weighted by molar-refractivity contribution is 5.47. The fraction of sp³-hybridized carbons (Fsp3) is 0.545.